The molecule has 1 rings (SSSR count). The molecule has 1 aromatic rings. The summed E-state index contributed by atoms with van der Waals surface area (Å²) in [6.45, 7) is 3.90. The molecule has 0 spiro atoms. The number of hydrogen-bond donors (Lipinski definition) is 1. The van der Waals surface area contributed by atoms with Crippen LogP contribution in [-0.2, 0) is 6.42 Å². The molecule has 0 aromatic heterocycles. The van der Waals surface area contributed by atoms with E-state index in [1.165, 1.54) is 12.1 Å². The van der Waals surface area contributed by atoms with E-state index in [2.05, 4.69) is 0 Å². The van der Waals surface area contributed by atoms with Gasteiger partial charge in [0.25, 0.3) is 0 Å². The lowest BCUT2D eigenvalue weighted by Gasteiger charge is -2.19. The van der Waals surface area contributed by atoms with Gasteiger partial charge in [0.2, 0.25) is 0 Å². The highest BCUT2D eigenvalue weighted by atomic mass is 19.1. The fourth-order valence-corrected chi connectivity index (χ4v) is 1.68. The summed E-state index contributed by atoms with van der Waals surface area (Å²) in [5.41, 5.74) is 6.18. The Morgan fingerprint density at radius 2 is 2.00 bits per heavy atom. The molecule has 2 unspecified atom stereocenters. The fraction of sp³-hybridized carbons (Fsp3) is 0.500. The molecule has 0 aliphatic heterocycles. The largest absolute Gasteiger partial charge is 0.328 e. The topological polar surface area (TPSA) is 26.0 Å². The third kappa shape index (κ3) is 3.27. The standard InChI is InChI=1S/C12H17F2N/c1-3-9(8(2)15)6-10-7-11(13)4-5-12(10)14/h4-5,7-9H,3,6,15H2,1-2H3. The second kappa shape index (κ2) is 5.21. The first-order valence-electron chi connectivity index (χ1n) is 5.24. The van der Waals surface area contributed by atoms with Crippen molar-refractivity contribution in [1.82, 2.24) is 0 Å². The predicted molar refractivity (Wildman–Crippen MR) is 57.5 cm³/mol. The number of rotatable bonds is 4. The Morgan fingerprint density at radius 3 is 2.53 bits per heavy atom. The summed E-state index contributed by atoms with van der Waals surface area (Å²) in [6, 6.07) is 3.54. The van der Waals surface area contributed by atoms with Crippen molar-refractivity contribution in [2.75, 3.05) is 0 Å². The first kappa shape index (κ1) is 12.1. The second-order valence-corrected chi connectivity index (χ2v) is 3.97. The van der Waals surface area contributed by atoms with Crippen LogP contribution < -0.4 is 5.73 Å². The number of nitrogens with two attached hydrogens (primary N) is 1. The Labute approximate surface area is 89.3 Å². The van der Waals surface area contributed by atoms with Crippen molar-refractivity contribution in [1.29, 1.82) is 0 Å². The summed E-state index contributed by atoms with van der Waals surface area (Å²) < 4.78 is 26.2. The van der Waals surface area contributed by atoms with E-state index in [-0.39, 0.29) is 17.8 Å². The van der Waals surface area contributed by atoms with Crippen molar-refractivity contribution in [2.24, 2.45) is 11.7 Å². The Morgan fingerprint density at radius 1 is 1.33 bits per heavy atom. The Bertz CT molecular complexity index is 323. The minimum absolute atomic E-state index is 0.00216. The van der Waals surface area contributed by atoms with Gasteiger partial charge >= 0.3 is 0 Å². The quantitative estimate of drug-likeness (QED) is 0.817. The van der Waals surface area contributed by atoms with Crippen LogP contribution in [0, 0.1) is 17.6 Å². The van der Waals surface area contributed by atoms with Crippen molar-refractivity contribution in [3.05, 3.63) is 35.4 Å². The van der Waals surface area contributed by atoms with Crippen molar-refractivity contribution >= 4 is 0 Å². The normalized spacial score (nSPS) is 15.0. The minimum atomic E-state index is -0.397. The van der Waals surface area contributed by atoms with Crippen molar-refractivity contribution in [2.45, 2.75) is 32.7 Å². The number of hydrogen-bond acceptors (Lipinski definition) is 1. The van der Waals surface area contributed by atoms with Gasteiger partial charge in [-0.2, -0.15) is 0 Å². The van der Waals surface area contributed by atoms with E-state index in [4.69, 9.17) is 5.73 Å². The van der Waals surface area contributed by atoms with Gasteiger partial charge < -0.3 is 5.73 Å². The summed E-state index contributed by atoms with van der Waals surface area (Å²) in [5, 5.41) is 0. The van der Waals surface area contributed by atoms with Crippen molar-refractivity contribution in [3.8, 4) is 0 Å². The van der Waals surface area contributed by atoms with Crippen molar-refractivity contribution in [3.63, 3.8) is 0 Å². The summed E-state index contributed by atoms with van der Waals surface area (Å²) in [5.74, 6) is -0.553. The highest BCUT2D eigenvalue weighted by Crippen LogP contribution is 2.18. The fourth-order valence-electron chi connectivity index (χ4n) is 1.68. The molecule has 0 fully saturated rings. The highest BCUT2D eigenvalue weighted by molar-refractivity contribution is 5.19. The molecule has 0 amide bonds. The molecule has 0 saturated carbocycles. The third-order valence-electron chi connectivity index (χ3n) is 2.76. The predicted octanol–water partition coefficient (Wildman–Crippen LogP) is 2.88. The van der Waals surface area contributed by atoms with E-state index in [1.54, 1.807) is 0 Å². The van der Waals surface area contributed by atoms with Gasteiger partial charge in [-0.15, -0.1) is 0 Å². The average Bonchev–Trinajstić information content (AvgIpc) is 2.18. The van der Waals surface area contributed by atoms with Crippen LogP contribution in [0.3, 0.4) is 0 Å². The van der Waals surface area contributed by atoms with Gasteiger partial charge in [-0.25, -0.2) is 8.78 Å². The van der Waals surface area contributed by atoms with Gasteiger partial charge in [0.15, 0.2) is 0 Å². The number of halogens is 2. The van der Waals surface area contributed by atoms with Crippen LogP contribution in [0.2, 0.25) is 0 Å². The summed E-state index contributed by atoms with van der Waals surface area (Å²) in [4.78, 5) is 0. The molecule has 0 radical (unpaired) electrons. The molecule has 84 valence electrons. The van der Waals surface area contributed by atoms with Gasteiger partial charge in [0.05, 0.1) is 0 Å². The third-order valence-corrected chi connectivity index (χ3v) is 2.76. The van der Waals surface area contributed by atoms with Gasteiger partial charge in [-0.3, -0.25) is 0 Å². The van der Waals surface area contributed by atoms with Crippen LogP contribution in [-0.4, -0.2) is 6.04 Å². The molecule has 2 N–H and O–H groups in total. The van der Waals surface area contributed by atoms with E-state index < -0.39 is 5.82 Å². The maximum Gasteiger partial charge on any atom is 0.126 e. The zero-order valence-electron chi connectivity index (χ0n) is 9.13. The number of benzene rings is 1. The second-order valence-electron chi connectivity index (χ2n) is 3.97. The van der Waals surface area contributed by atoms with E-state index in [1.807, 2.05) is 13.8 Å². The van der Waals surface area contributed by atoms with Crippen LogP contribution in [0.25, 0.3) is 0 Å². The van der Waals surface area contributed by atoms with E-state index in [0.717, 1.165) is 12.5 Å². The maximum absolute atomic E-state index is 13.3. The van der Waals surface area contributed by atoms with Gasteiger partial charge in [0.1, 0.15) is 11.6 Å². The van der Waals surface area contributed by atoms with Crippen LogP contribution in [0.4, 0.5) is 8.78 Å². The lowest BCUT2D eigenvalue weighted by Crippen LogP contribution is -2.28. The molecule has 0 aliphatic carbocycles. The molecule has 15 heavy (non-hydrogen) atoms. The molecular formula is C12H17F2N. The Hall–Kier alpha value is -0.960. The summed E-state index contributed by atoms with van der Waals surface area (Å²) >= 11 is 0. The molecule has 2 atom stereocenters. The Kier molecular flexibility index (Phi) is 4.21. The Balaban J connectivity index is 2.82. The molecule has 1 nitrogen and oxygen atoms in total. The van der Waals surface area contributed by atoms with Gasteiger partial charge in [0, 0.05) is 6.04 Å². The van der Waals surface area contributed by atoms with Gasteiger partial charge in [-0.1, -0.05) is 13.3 Å². The molecule has 0 heterocycles. The van der Waals surface area contributed by atoms with Crippen LogP contribution in [0.15, 0.2) is 18.2 Å². The lowest BCUT2D eigenvalue weighted by molar-refractivity contribution is 0.419. The summed E-state index contributed by atoms with van der Waals surface area (Å²) in [7, 11) is 0. The zero-order chi connectivity index (χ0) is 11.4. The first-order chi connectivity index (χ1) is 7.04. The van der Waals surface area contributed by atoms with E-state index in [9.17, 15) is 8.78 Å². The smallest absolute Gasteiger partial charge is 0.126 e. The molecule has 0 bridgehead atoms. The average molecular weight is 213 g/mol. The molecule has 3 heteroatoms. The minimum Gasteiger partial charge on any atom is -0.328 e. The van der Waals surface area contributed by atoms with Crippen LogP contribution in [0.1, 0.15) is 25.8 Å². The molecule has 1 aromatic carbocycles. The highest BCUT2D eigenvalue weighted by Gasteiger charge is 2.14. The van der Waals surface area contributed by atoms with Crippen molar-refractivity contribution < 1.29 is 8.78 Å². The molecular weight excluding hydrogens is 196 g/mol. The van der Waals surface area contributed by atoms with Crippen LogP contribution >= 0.6 is 0 Å². The van der Waals surface area contributed by atoms with E-state index in [0.29, 0.717) is 12.0 Å². The summed E-state index contributed by atoms with van der Waals surface area (Å²) in [6.07, 6.45) is 1.37. The SMILES string of the molecule is CCC(Cc1cc(F)ccc1F)C(C)N. The van der Waals surface area contributed by atoms with Gasteiger partial charge in [-0.05, 0) is 43.0 Å². The molecule has 0 saturated heterocycles. The van der Waals surface area contributed by atoms with Crippen LogP contribution in [0.5, 0.6) is 0 Å². The molecule has 0 aliphatic rings. The maximum atomic E-state index is 13.3. The van der Waals surface area contributed by atoms with E-state index >= 15 is 0 Å². The zero-order valence-corrected chi connectivity index (χ0v) is 9.13. The first-order valence-corrected chi connectivity index (χ1v) is 5.24. The monoisotopic (exact) mass is 213 g/mol. The lowest BCUT2D eigenvalue weighted by atomic mass is 9.91.